The lowest BCUT2D eigenvalue weighted by molar-refractivity contribution is -0.212. The van der Waals surface area contributed by atoms with Crippen LogP contribution >= 0.6 is 0 Å². The molecule has 0 aromatic heterocycles. The van der Waals surface area contributed by atoms with Gasteiger partial charge in [-0.1, -0.05) is 6.42 Å². The van der Waals surface area contributed by atoms with Crippen LogP contribution in [0.4, 0.5) is 0 Å². The molecule has 4 fully saturated rings. The van der Waals surface area contributed by atoms with Crippen LogP contribution in [0.25, 0.3) is 0 Å². The first-order valence-corrected chi connectivity index (χ1v) is 8.53. The van der Waals surface area contributed by atoms with Crippen LogP contribution in [0.1, 0.15) is 32.1 Å². The van der Waals surface area contributed by atoms with Gasteiger partial charge in [0.2, 0.25) is 5.91 Å². The number of likely N-dealkylation sites (N-methyl/N-ethyl adjacent to an activating group) is 1. The molecule has 1 spiro atoms. The number of likely N-dealkylation sites (tertiary alicyclic amines) is 1. The van der Waals surface area contributed by atoms with Crippen molar-refractivity contribution in [2.75, 3.05) is 39.8 Å². The monoisotopic (exact) mass is 293 g/mol. The Kier molecular flexibility index (Phi) is 3.47. The molecule has 2 heterocycles. The highest BCUT2D eigenvalue weighted by Gasteiger charge is 2.52. The van der Waals surface area contributed by atoms with E-state index in [1.807, 2.05) is 0 Å². The summed E-state index contributed by atoms with van der Waals surface area (Å²) < 4.78 is 6.17. The number of hydrogen-bond acceptors (Lipinski definition) is 4. The Bertz CT molecular complexity index is 414. The van der Waals surface area contributed by atoms with Crippen molar-refractivity contribution < 1.29 is 9.53 Å². The summed E-state index contributed by atoms with van der Waals surface area (Å²) >= 11 is 0. The van der Waals surface area contributed by atoms with E-state index in [-0.39, 0.29) is 17.6 Å². The zero-order valence-corrected chi connectivity index (χ0v) is 13.0. The fraction of sp³-hybridized carbons (Fsp3) is 0.938. The predicted octanol–water partition coefficient (Wildman–Crippen LogP) is 0.450. The highest BCUT2D eigenvalue weighted by atomic mass is 16.5. The summed E-state index contributed by atoms with van der Waals surface area (Å²) in [7, 11) is 1.73. The quantitative estimate of drug-likeness (QED) is 0.817. The first kappa shape index (κ1) is 14.0. The van der Waals surface area contributed by atoms with Crippen molar-refractivity contribution >= 4 is 5.91 Å². The van der Waals surface area contributed by atoms with Gasteiger partial charge in [0.1, 0.15) is 11.6 Å². The van der Waals surface area contributed by atoms with Gasteiger partial charge in [0.05, 0.1) is 6.61 Å². The molecule has 2 aliphatic carbocycles. The zero-order valence-electron chi connectivity index (χ0n) is 13.0. The maximum Gasteiger partial charge on any atom is 0.239 e. The average molecular weight is 293 g/mol. The summed E-state index contributed by atoms with van der Waals surface area (Å²) in [6.45, 7) is 4.71. The molecule has 0 unspecified atom stereocenters. The molecule has 2 saturated heterocycles. The number of rotatable bonds is 4. The van der Waals surface area contributed by atoms with Crippen LogP contribution in [0.15, 0.2) is 0 Å². The predicted molar refractivity (Wildman–Crippen MR) is 80.0 cm³/mol. The van der Waals surface area contributed by atoms with E-state index in [4.69, 9.17) is 4.74 Å². The summed E-state index contributed by atoms with van der Waals surface area (Å²) in [4.78, 5) is 17.1. The Morgan fingerprint density at radius 1 is 1.24 bits per heavy atom. The number of hydrogen-bond donors (Lipinski definition) is 1. The number of nitrogens with one attached hydrogen (secondary N) is 1. The molecular weight excluding hydrogens is 266 g/mol. The van der Waals surface area contributed by atoms with Gasteiger partial charge in [-0.2, -0.15) is 0 Å². The highest BCUT2D eigenvalue weighted by Crippen LogP contribution is 2.39. The standard InChI is InChI=1S/C16H27N3O2/c1-17-15(20)14-8-21-16(9-18(14)7-12-5-6-12)10-19(11-16)13-3-2-4-13/h12-14H,2-11H2,1H3,(H,17,20)/t14-/m0/s1. The van der Waals surface area contributed by atoms with Crippen LogP contribution < -0.4 is 5.32 Å². The van der Waals surface area contributed by atoms with Crippen LogP contribution in [0.5, 0.6) is 0 Å². The second-order valence-electron chi connectivity index (χ2n) is 7.49. The zero-order chi connectivity index (χ0) is 14.4. The third kappa shape index (κ3) is 2.60. The fourth-order valence-electron chi connectivity index (χ4n) is 4.01. The third-order valence-electron chi connectivity index (χ3n) is 5.79. The maximum absolute atomic E-state index is 12.1. The van der Waals surface area contributed by atoms with Crippen LogP contribution in [0.3, 0.4) is 0 Å². The first-order chi connectivity index (χ1) is 10.2. The van der Waals surface area contributed by atoms with E-state index < -0.39 is 0 Å². The summed E-state index contributed by atoms with van der Waals surface area (Å²) in [5.41, 5.74) is 0.00893. The number of nitrogens with zero attached hydrogens (tertiary/aromatic N) is 2. The van der Waals surface area contributed by atoms with E-state index in [9.17, 15) is 4.79 Å². The van der Waals surface area contributed by atoms with Crippen molar-refractivity contribution in [3.63, 3.8) is 0 Å². The normalized spacial score (nSPS) is 33.5. The van der Waals surface area contributed by atoms with Crippen molar-refractivity contribution in [3.8, 4) is 0 Å². The van der Waals surface area contributed by atoms with Crippen molar-refractivity contribution in [1.82, 2.24) is 15.1 Å². The molecule has 0 aromatic carbocycles. The van der Waals surface area contributed by atoms with Gasteiger partial charge < -0.3 is 10.1 Å². The Morgan fingerprint density at radius 3 is 2.57 bits per heavy atom. The van der Waals surface area contributed by atoms with E-state index in [2.05, 4.69) is 15.1 Å². The largest absolute Gasteiger partial charge is 0.369 e. The van der Waals surface area contributed by atoms with Crippen molar-refractivity contribution in [2.24, 2.45) is 5.92 Å². The van der Waals surface area contributed by atoms with Crippen molar-refractivity contribution in [2.45, 2.75) is 49.8 Å². The van der Waals surface area contributed by atoms with Crippen LogP contribution in [0.2, 0.25) is 0 Å². The van der Waals surface area contributed by atoms with Gasteiger partial charge >= 0.3 is 0 Å². The summed E-state index contributed by atoms with van der Waals surface area (Å²) in [5, 5.41) is 2.80. The Balaban J connectivity index is 1.39. The summed E-state index contributed by atoms with van der Waals surface area (Å²) in [6.07, 6.45) is 6.78. The smallest absolute Gasteiger partial charge is 0.239 e. The number of carbonyl (C=O) groups is 1. The van der Waals surface area contributed by atoms with Gasteiger partial charge in [0.25, 0.3) is 0 Å². The molecule has 0 bridgehead atoms. The van der Waals surface area contributed by atoms with Crippen molar-refractivity contribution in [3.05, 3.63) is 0 Å². The lowest BCUT2D eigenvalue weighted by Crippen LogP contribution is -2.74. The fourth-order valence-corrected chi connectivity index (χ4v) is 4.01. The molecule has 4 aliphatic rings. The second kappa shape index (κ2) is 5.21. The van der Waals surface area contributed by atoms with Gasteiger partial charge in [-0.3, -0.25) is 14.6 Å². The molecule has 1 N–H and O–H groups in total. The lowest BCUT2D eigenvalue weighted by Gasteiger charge is -2.58. The van der Waals surface area contributed by atoms with Crippen molar-refractivity contribution in [1.29, 1.82) is 0 Å². The average Bonchev–Trinajstić information content (AvgIpc) is 3.18. The van der Waals surface area contributed by atoms with Crippen LogP contribution in [-0.2, 0) is 9.53 Å². The number of ether oxygens (including phenoxy) is 1. The SMILES string of the molecule is CNC(=O)[C@@H]1COC2(CN(C3CCC3)C2)CN1CC1CC1. The molecule has 118 valence electrons. The Labute approximate surface area is 127 Å². The van der Waals surface area contributed by atoms with Gasteiger partial charge in [-0.15, -0.1) is 0 Å². The molecule has 2 saturated carbocycles. The number of amides is 1. The number of morpholine rings is 1. The van der Waals surface area contributed by atoms with Gasteiger partial charge in [-0.25, -0.2) is 0 Å². The van der Waals surface area contributed by atoms with E-state index in [0.717, 1.165) is 38.1 Å². The van der Waals surface area contributed by atoms with Gasteiger partial charge in [0.15, 0.2) is 0 Å². The minimum absolute atomic E-state index is 0.00893. The Hall–Kier alpha value is -0.650. The Morgan fingerprint density at radius 2 is 2.00 bits per heavy atom. The first-order valence-electron chi connectivity index (χ1n) is 8.53. The minimum atomic E-state index is -0.0843. The van der Waals surface area contributed by atoms with Crippen LogP contribution in [0, 0.1) is 5.92 Å². The van der Waals surface area contributed by atoms with E-state index in [1.54, 1.807) is 7.05 Å². The topological polar surface area (TPSA) is 44.8 Å². The van der Waals surface area contributed by atoms with Crippen LogP contribution in [-0.4, -0.2) is 73.2 Å². The summed E-state index contributed by atoms with van der Waals surface area (Å²) in [5.74, 6) is 0.927. The molecule has 1 amide bonds. The molecule has 5 heteroatoms. The summed E-state index contributed by atoms with van der Waals surface area (Å²) in [6, 6.07) is 0.728. The highest BCUT2D eigenvalue weighted by molar-refractivity contribution is 5.81. The molecule has 0 radical (unpaired) electrons. The molecule has 4 rings (SSSR count). The molecule has 1 atom stereocenters. The molecule has 0 aromatic rings. The third-order valence-corrected chi connectivity index (χ3v) is 5.79. The van der Waals surface area contributed by atoms with E-state index in [1.165, 1.54) is 32.1 Å². The molecule has 21 heavy (non-hydrogen) atoms. The van der Waals surface area contributed by atoms with Gasteiger partial charge in [0, 0.05) is 39.3 Å². The second-order valence-corrected chi connectivity index (χ2v) is 7.49. The number of carbonyl (C=O) groups excluding carboxylic acids is 1. The van der Waals surface area contributed by atoms with Gasteiger partial charge in [-0.05, 0) is 31.6 Å². The molecular formula is C16H27N3O2. The van der Waals surface area contributed by atoms with E-state index >= 15 is 0 Å². The molecule has 2 aliphatic heterocycles. The molecule has 5 nitrogen and oxygen atoms in total. The maximum atomic E-state index is 12.1. The van der Waals surface area contributed by atoms with E-state index in [0.29, 0.717) is 6.61 Å². The minimum Gasteiger partial charge on any atom is -0.369 e. The lowest BCUT2D eigenvalue weighted by atomic mass is 9.83.